The van der Waals surface area contributed by atoms with Crippen molar-refractivity contribution in [3.8, 4) is 5.75 Å². The summed E-state index contributed by atoms with van der Waals surface area (Å²) in [5, 5.41) is 3.84. The van der Waals surface area contributed by atoms with Crippen molar-refractivity contribution in [1.29, 1.82) is 0 Å². The molecule has 2 saturated carbocycles. The minimum absolute atomic E-state index is 0.0551. The number of aromatic amines is 1. The lowest BCUT2D eigenvalue weighted by molar-refractivity contribution is -0.136. The zero-order chi connectivity index (χ0) is 27.1. The third-order valence-corrected chi connectivity index (χ3v) is 9.35. The Morgan fingerprint density at radius 1 is 1.15 bits per heavy atom. The second-order valence-electron chi connectivity index (χ2n) is 11.6. The van der Waals surface area contributed by atoms with E-state index in [0.717, 1.165) is 49.4 Å². The standard InChI is InChI=1S/C30H37N3O6/c1-38-25-11-4-9-21-20(25)15-23(31-21)30(37)33-16-18-7-2-8-19(18)27(33)29(36)32-22(14-17-6-3-10-24(17)34)28(35)26-12-5-13-39-26/h4,9,11,15,17-19,22,26-27,31H,2-3,5-8,10,12-14,16H2,1H3,(H,32,36)/t17-,18-,19-,22-,26?,27-/m0/s1. The molecular weight excluding hydrogens is 498 g/mol. The van der Waals surface area contributed by atoms with E-state index >= 15 is 0 Å². The van der Waals surface area contributed by atoms with Gasteiger partial charge in [-0.3, -0.25) is 19.2 Å². The van der Waals surface area contributed by atoms with E-state index < -0.39 is 18.2 Å². The highest BCUT2D eigenvalue weighted by Gasteiger charge is 2.50. The molecule has 2 aromatic rings. The first-order chi connectivity index (χ1) is 18.9. The Morgan fingerprint density at radius 3 is 2.77 bits per heavy atom. The zero-order valence-electron chi connectivity index (χ0n) is 22.4. The smallest absolute Gasteiger partial charge is 0.271 e. The van der Waals surface area contributed by atoms with Crippen LogP contribution >= 0.6 is 0 Å². The molecule has 0 radical (unpaired) electrons. The van der Waals surface area contributed by atoms with Crippen molar-refractivity contribution in [1.82, 2.24) is 15.2 Å². The highest BCUT2D eigenvalue weighted by molar-refractivity contribution is 6.02. The maximum absolute atomic E-state index is 14.0. The number of rotatable bonds is 8. The quantitative estimate of drug-likeness (QED) is 0.535. The van der Waals surface area contributed by atoms with Gasteiger partial charge in [0, 0.05) is 36.4 Å². The van der Waals surface area contributed by atoms with E-state index in [1.165, 1.54) is 0 Å². The number of Topliss-reactive ketones (excluding diaryl/α,β-unsaturated/α-hetero) is 2. The minimum Gasteiger partial charge on any atom is -0.496 e. The lowest BCUT2D eigenvalue weighted by Gasteiger charge is -2.30. The third kappa shape index (κ3) is 4.86. The van der Waals surface area contributed by atoms with Gasteiger partial charge in [0.05, 0.1) is 13.2 Å². The van der Waals surface area contributed by atoms with E-state index in [1.807, 2.05) is 18.2 Å². The Bertz CT molecular complexity index is 1280. The molecule has 2 amide bonds. The van der Waals surface area contributed by atoms with Crippen molar-refractivity contribution in [2.75, 3.05) is 20.3 Å². The van der Waals surface area contributed by atoms with Gasteiger partial charge in [0.15, 0.2) is 5.78 Å². The number of nitrogens with zero attached hydrogens (tertiary/aromatic N) is 1. The highest BCUT2D eigenvalue weighted by Crippen LogP contribution is 2.43. The normalized spacial score (nSPS) is 29.1. The van der Waals surface area contributed by atoms with Crippen LogP contribution in [0.2, 0.25) is 0 Å². The van der Waals surface area contributed by atoms with E-state index in [-0.39, 0.29) is 41.1 Å². The van der Waals surface area contributed by atoms with Gasteiger partial charge in [-0.2, -0.15) is 0 Å². The Labute approximate surface area is 228 Å². The van der Waals surface area contributed by atoms with Crippen LogP contribution in [0, 0.1) is 17.8 Å². The maximum atomic E-state index is 14.0. The first-order valence-corrected chi connectivity index (χ1v) is 14.4. The molecule has 208 valence electrons. The van der Waals surface area contributed by atoms with Crippen LogP contribution in [0.5, 0.6) is 5.75 Å². The van der Waals surface area contributed by atoms with Crippen LogP contribution in [0.3, 0.4) is 0 Å². The molecule has 9 heteroatoms. The molecule has 9 nitrogen and oxygen atoms in total. The number of carbonyl (C=O) groups excluding carboxylic acids is 4. The largest absolute Gasteiger partial charge is 0.496 e. The van der Waals surface area contributed by atoms with Gasteiger partial charge in [0.1, 0.15) is 29.4 Å². The van der Waals surface area contributed by atoms with Gasteiger partial charge >= 0.3 is 0 Å². The molecule has 2 aliphatic heterocycles. The Morgan fingerprint density at radius 2 is 2.03 bits per heavy atom. The predicted molar refractivity (Wildman–Crippen MR) is 143 cm³/mol. The number of hydrogen-bond acceptors (Lipinski definition) is 6. The monoisotopic (exact) mass is 535 g/mol. The van der Waals surface area contributed by atoms with Gasteiger partial charge in [-0.25, -0.2) is 0 Å². The molecule has 6 rings (SSSR count). The van der Waals surface area contributed by atoms with E-state index in [0.29, 0.717) is 43.9 Å². The third-order valence-electron chi connectivity index (χ3n) is 9.35. The Balaban J connectivity index is 1.26. The first kappa shape index (κ1) is 26.0. The number of aromatic nitrogens is 1. The second-order valence-corrected chi connectivity index (χ2v) is 11.6. The summed E-state index contributed by atoms with van der Waals surface area (Å²) in [6.45, 7) is 1.04. The molecule has 0 bridgehead atoms. The fraction of sp³-hybridized carbons (Fsp3) is 0.600. The lowest BCUT2D eigenvalue weighted by atomic mass is 9.90. The van der Waals surface area contributed by atoms with Crippen LogP contribution < -0.4 is 10.1 Å². The summed E-state index contributed by atoms with van der Waals surface area (Å²) < 4.78 is 11.1. The zero-order valence-corrected chi connectivity index (χ0v) is 22.4. The van der Waals surface area contributed by atoms with Gasteiger partial charge in [0.25, 0.3) is 5.91 Å². The number of nitrogens with one attached hydrogen (secondary N) is 2. The summed E-state index contributed by atoms with van der Waals surface area (Å²) in [7, 11) is 1.60. The molecule has 2 saturated heterocycles. The van der Waals surface area contributed by atoms with Crippen molar-refractivity contribution in [2.45, 2.75) is 76.0 Å². The number of methoxy groups -OCH3 is 1. The summed E-state index contributed by atoms with van der Waals surface area (Å²) in [6, 6.07) is 5.95. The van der Waals surface area contributed by atoms with Crippen LogP contribution in [-0.2, 0) is 19.1 Å². The van der Waals surface area contributed by atoms with E-state index in [2.05, 4.69) is 10.3 Å². The minimum atomic E-state index is -0.789. The highest BCUT2D eigenvalue weighted by atomic mass is 16.5. The van der Waals surface area contributed by atoms with Crippen molar-refractivity contribution >= 4 is 34.3 Å². The van der Waals surface area contributed by atoms with Gasteiger partial charge in [0.2, 0.25) is 5.91 Å². The molecule has 3 heterocycles. The van der Waals surface area contributed by atoms with E-state index in [9.17, 15) is 19.2 Å². The number of amides is 2. The fourth-order valence-corrected chi connectivity index (χ4v) is 7.38. The van der Waals surface area contributed by atoms with Crippen molar-refractivity contribution in [3.05, 3.63) is 30.0 Å². The number of hydrogen-bond donors (Lipinski definition) is 2. The average Bonchev–Trinajstić information content (AvgIpc) is 3.75. The molecule has 1 unspecified atom stereocenters. The Hall–Kier alpha value is -3.20. The fourth-order valence-electron chi connectivity index (χ4n) is 7.38. The van der Waals surface area contributed by atoms with Gasteiger partial charge in [-0.15, -0.1) is 0 Å². The van der Waals surface area contributed by atoms with Gasteiger partial charge in [-0.1, -0.05) is 12.5 Å². The number of carbonyl (C=O) groups is 4. The van der Waals surface area contributed by atoms with Crippen molar-refractivity contribution < 1.29 is 28.7 Å². The molecule has 4 aliphatic rings. The number of benzene rings is 1. The molecule has 2 N–H and O–H groups in total. The summed E-state index contributed by atoms with van der Waals surface area (Å²) in [6.07, 6.45) is 6.17. The first-order valence-electron chi connectivity index (χ1n) is 14.4. The van der Waals surface area contributed by atoms with Crippen LogP contribution in [0.15, 0.2) is 24.3 Å². The molecule has 2 aliphatic carbocycles. The molecular formula is C30H37N3O6. The summed E-state index contributed by atoms with van der Waals surface area (Å²) in [5.74, 6) is 0.255. The SMILES string of the molecule is COc1cccc2[nH]c(C(=O)N3C[C@@H]4CCC[C@@H]4[C@H]3C(=O)N[C@@H](C[C@@H]3CCCC3=O)C(=O)C3CCCO3)cc12. The van der Waals surface area contributed by atoms with Crippen LogP contribution in [0.4, 0.5) is 0 Å². The van der Waals surface area contributed by atoms with Gasteiger partial charge in [-0.05, 0) is 75.0 Å². The molecule has 39 heavy (non-hydrogen) atoms. The molecule has 6 atom stereocenters. The Kier molecular flexibility index (Phi) is 7.18. The summed E-state index contributed by atoms with van der Waals surface area (Å²) >= 11 is 0. The van der Waals surface area contributed by atoms with Crippen LogP contribution in [0.1, 0.15) is 68.3 Å². The maximum Gasteiger partial charge on any atom is 0.271 e. The number of likely N-dealkylation sites (tertiary alicyclic amines) is 1. The van der Waals surface area contributed by atoms with Crippen molar-refractivity contribution in [3.63, 3.8) is 0 Å². The van der Waals surface area contributed by atoms with Crippen LogP contribution in [0.25, 0.3) is 10.9 Å². The molecule has 1 aromatic carbocycles. The second kappa shape index (κ2) is 10.8. The number of ketones is 2. The summed E-state index contributed by atoms with van der Waals surface area (Å²) in [4.78, 5) is 58.6. The number of H-pyrrole nitrogens is 1. The van der Waals surface area contributed by atoms with E-state index in [1.54, 1.807) is 18.1 Å². The molecule has 1 aromatic heterocycles. The lowest BCUT2D eigenvalue weighted by Crippen LogP contribution is -2.54. The molecule has 0 spiro atoms. The van der Waals surface area contributed by atoms with Crippen molar-refractivity contribution in [2.24, 2.45) is 17.8 Å². The van der Waals surface area contributed by atoms with Gasteiger partial charge < -0.3 is 24.7 Å². The van der Waals surface area contributed by atoms with Crippen LogP contribution in [-0.4, -0.2) is 71.7 Å². The number of fused-ring (bicyclic) bond motifs is 2. The van der Waals surface area contributed by atoms with E-state index in [4.69, 9.17) is 9.47 Å². The topological polar surface area (TPSA) is 118 Å². The predicted octanol–water partition coefficient (Wildman–Crippen LogP) is 3.41. The average molecular weight is 536 g/mol. The summed E-state index contributed by atoms with van der Waals surface area (Å²) in [5.41, 5.74) is 1.21. The number of ether oxygens (including phenoxy) is 2. The molecule has 4 fully saturated rings.